The molecule has 19 heavy (non-hydrogen) atoms. The molecule has 0 bridgehead atoms. The van der Waals surface area contributed by atoms with E-state index in [-0.39, 0.29) is 0 Å². The zero-order valence-electron chi connectivity index (χ0n) is 11.3. The highest BCUT2D eigenvalue weighted by Gasteiger charge is 2.43. The van der Waals surface area contributed by atoms with E-state index >= 15 is 0 Å². The van der Waals surface area contributed by atoms with Crippen LogP contribution in [0, 0.1) is 0 Å². The fourth-order valence-corrected chi connectivity index (χ4v) is 2.48. The Morgan fingerprint density at radius 3 is 2.58 bits per heavy atom. The normalized spacial score (nSPS) is 19.7. The summed E-state index contributed by atoms with van der Waals surface area (Å²) in [6, 6.07) is 7.27. The molecule has 1 aliphatic rings. The van der Waals surface area contributed by atoms with Crippen molar-refractivity contribution in [3.63, 3.8) is 0 Å². The quantitative estimate of drug-likeness (QED) is 0.890. The van der Waals surface area contributed by atoms with Gasteiger partial charge in [-0.25, -0.2) is 4.79 Å². The number of carboxylic acid groups (broad SMARTS) is 1. The van der Waals surface area contributed by atoms with Crippen LogP contribution in [0.25, 0.3) is 0 Å². The fourth-order valence-electron chi connectivity index (χ4n) is 2.48. The Morgan fingerprint density at radius 1 is 1.37 bits per heavy atom. The molecule has 0 aromatic heterocycles. The zero-order valence-corrected chi connectivity index (χ0v) is 11.3. The van der Waals surface area contributed by atoms with E-state index in [1.54, 1.807) is 20.1 Å². The molecule has 0 aliphatic carbocycles. The van der Waals surface area contributed by atoms with Crippen LogP contribution in [0.15, 0.2) is 24.3 Å². The van der Waals surface area contributed by atoms with E-state index in [0.717, 1.165) is 0 Å². The summed E-state index contributed by atoms with van der Waals surface area (Å²) in [5, 5.41) is 9.72. The topological polar surface area (TPSA) is 59.0 Å². The Balaban J connectivity index is 2.46. The number of hydrogen-bond acceptors (Lipinski definition) is 4. The first kappa shape index (κ1) is 13.8. The smallest absolute Gasteiger partial charge is 0.328 e. The Hall–Kier alpha value is -1.59. The predicted octanol–water partition coefficient (Wildman–Crippen LogP) is 1.33. The first-order chi connectivity index (χ1) is 9.10. The maximum Gasteiger partial charge on any atom is 0.328 e. The molecule has 1 fully saturated rings. The van der Waals surface area contributed by atoms with Gasteiger partial charge in [0.1, 0.15) is 11.3 Å². The number of morpholine rings is 1. The van der Waals surface area contributed by atoms with Crippen molar-refractivity contribution in [2.45, 2.75) is 12.5 Å². The van der Waals surface area contributed by atoms with Crippen molar-refractivity contribution < 1.29 is 19.4 Å². The molecule has 104 valence electrons. The molecule has 0 radical (unpaired) electrons. The summed E-state index contributed by atoms with van der Waals surface area (Å²) in [6.07, 6.45) is 0. The van der Waals surface area contributed by atoms with Gasteiger partial charge >= 0.3 is 5.97 Å². The van der Waals surface area contributed by atoms with E-state index in [2.05, 4.69) is 0 Å². The largest absolute Gasteiger partial charge is 0.496 e. The average Bonchev–Trinajstić information content (AvgIpc) is 2.47. The number of carbonyl (C=O) groups is 1. The average molecular weight is 265 g/mol. The van der Waals surface area contributed by atoms with Crippen molar-refractivity contribution in [2.24, 2.45) is 0 Å². The number of benzene rings is 1. The lowest BCUT2D eigenvalue weighted by molar-refractivity contribution is -0.154. The van der Waals surface area contributed by atoms with Crippen molar-refractivity contribution in [2.75, 3.05) is 33.4 Å². The van der Waals surface area contributed by atoms with Crippen molar-refractivity contribution in [3.05, 3.63) is 29.8 Å². The predicted molar refractivity (Wildman–Crippen MR) is 70.4 cm³/mol. The molecule has 5 nitrogen and oxygen atoms in total. The van der Waals surface area contributed by atoms with Crippen LogP contribution in [-0.4, -0.2) is 49.4 Å². The Kier molecular flexibility index (Phi) is 4.07. The standard InChI is InChI=1S/C14H19NO4/c1-14(13(16)17,15-7-9-19-10-8-15)11-5-3-4-6-12(11)18-2/h3-6H,7-10H2,1-2H3,(H,16,17). The maximum absolute atomic E-state index is 11.9. The molecule has 1 N–H and O–H groups in total. The molecule has 1 aromatic carbocycles. The van der Waals surface area contributed by atoms with E-state index in [4.69, 9.17) is 9.47 Å². The van der Waals surface area contributed by atoms with Gasteiger partial charge in [0.05, 0.1) is 20.3 Å². The third-order valence-electron chi connectivity index (χ3n) is 3.69. The first-order valence-corrected chi connectivity index (χ1v) is 6.30. The molecule has 1 aromatic rings. The number of ether oxygens (including phenoxy) is 2. The second-order valence-corrected chi connectivity index (χ2v) is 4.68. The van der Waals surface area contributed by atoms with E-state index in [1.165, 1.54) is 0 Å². The van der Waals surface area contributed by atoms with Gasteiger partial charge in [-0.2, -0.15) is 0 Å². The van der Waals surface area contributed by atoms with E-state index in [0.29, 0.717) is 37.6 Å². The summed E-state index contributed by atoms with van der Waals surface area (Å²) in [5.41, 5.74) is -0.428. The molecule has 2 rings (SSSR count). The van der Waals surface area contributed by atoms with Crippen LogP contribution < -0.4 is 4.74 Å². The summed E-state index contributed by atoms with van der Waals surface area (Å²) in [5.74, 6) is -0.280. The number of aliphatic carboxylic acids is 1. The van der Waals surface area contributed by atoms with Gasteiger partial charge in [0.2, 0.25) is 0 Å². The SMILES string of the molecule is COc1ccccc1C(C)(C(=O)O)N1CCOCC1. The molecule has 0 spiro atoms. The van der Waals surface area contributed by atoms with Crippen LogP contribution in [0.3, 0.4) is 0 Å². The lowest BCUT2D eigenvalue weighted by Crippen LogP contribution is -2.54. The summed E-state index contributed by atoms with van der Waals surface area (Å²) in [6.45, 7) is 4.02. The van der Waals surface area contributed by atoms with Gasteiger partial charge in [-0.05, 0) is 13.0 Å². The molecular weight excluding hydrogens is 246 g/mol. The third-order valence-corrected chi connectivity index (χ3v) is 3.69. The summed E-state index contributed by atoms with van der Waals surface area (Å²) in [7, 11) is 1.56. The van der Waals surface area contributed by atoms with Gasteiger partial charge in [-0.3, -0.25) is 4.90 Å². The van der Waals surface area contributed by atoms with Crippen LogP contribution >= 0.6 is 0 Å². The van der Waals surface area contributed by atoms with Crippen molar-refractivity contribution in [1.29, 1.82) is 0 Å². The number of para-hydroxylation sites is 1. The van der Waals surface area contributed by atoms with Crippen LogP contribution in [-0.2, 0) is 15.1 Å². The third kappa shape index (κ3) is 2.43. The first-order valence-electron chi connectivity index (χ1n) is 6.30. The molecule has 1 aliphatic heterocycles. The van der Waals surface area contributed by atoms with Gasteiger partial charge in [-0.15, -0.1) is 0 Å². The molecular formula is C14H19NO4. The summed E-state index contributed by atoms with van der Waals surface area (Å²) < 4.78 is 10.6. The number of carboxylic acids is 1. The Labute approximate surface area is 112 Å². The highest BCUT2D eigenvalue weighted by Crippen LogP contribution is 2.35. The molecule has 0 amide bonds. The minimum Gasteiger partial charge on any atom is -0.496 e. The van der Waals surface area contributed by atoms with Crippen LogP contribution in [0.4, 0.5) is 0 Å². The van der Waals surface area contributed by atoms with Gasteiger partial charge < -0.3 is 14.6 Å². The number of rotatable bonds is 4. The fraction of sp³-hybridized carbons (Fsp3) is 0.500. The van der Waals surface area contributed by atoms with Crippen molar-refractivity contribution in [3.8, 4) is 5.75 Å². The molecule has 1 unspecified atom stereocenters. The van der Waals surface area contributed by atoms with Gasteiger partial charge in [0.15, 0.2) is 0 Å². The summed E-state index contributed by atoms with van der Waals surface area (Å²) in [4.78, 5) is 13.8. The van der Waals surface area contributed by atoms with E-state index < -0.39 is 11.5 Å². The van der Waals surface area contributed by atoms with Crippen molar-refractivity contribution in [1.82, 2.24) is 4.90 Å². The molecule has 1 atom stereocenters. The lowest BCUT2D eigenvalue weighted by Gasteiger charge is -2.40. The van der Waals surface area contributed by atoms with E-state index in [9.17, 15) is 9.90 Å². The number of nitrogens with zero attached hydrogens (tertiary/aromatic N) is 1. The molecule has 1 saturated heterocycles. The van der Waals surface area contributed by atoms with Crippen LogP contribution in [0.2, 0.25) is 0 Å². The van der Waals surface area contributed by atoms with Crippen LogP contribution in [0.1, 0.15) is 12.5 Å². The van der Waals surface area contributed by atoms with Crippen molar-refractivity contribution >= 4 is 5.97 Å². The monoisotopic (exact) mass is 265 g/mol. The maximum atomic E-state index is 11.9. The Bertz CT molecular complexity index is 457. The minimum atomic E-state index is -1.10. The van der Waals surface area contributed by atoms with E-state index in [1.807, 2.05) is 23.1 Å². The molecule has 0 saturated carbocycles. The van der Waals surface area contributed by atoms with Gasteiger partial charge in [0, 0.05) is 18.7 Å². The number of hydrogen-bond donors (Lipinski definition) is 1. The minimum absolute atomic E-state index is 0.554. The second kappa shape index (κ2) is 5.59. The highest BCUT2D eigenvalue weighted by molar-refractivity contribution is 5.81. The Morgan fingerprint density at radius 2 is 2.00 bits per heavy atom. The summed E-state index contributed by atoms with van der Waals surface area (Å²) >= 11 is 0. The van der Waals surface area contributed by atoms with Gasteiger partial charge in [-0.1, -0.05) is 18.2 Å². The lowest BCUT2D eigenvalue weighted by atomic mass is 9.88. The van der Waals surface area contributed by atoms with Crippen LogP contribution in [0.5, 0.6) is 5.75 Å². The molecule has 5 heteroatoms. The highest BCUT2D eigenvalue weighted by atomic mass is 16.5. The zero-order chi connectivity index (χ0) is 13.9. The van der Waals surface area contributed by atoms with Gasteiger partial charge in [0.25, 0.3) is 0 Å². The second-order valence-electron chi connectivity index (χ2n) is 4.68. The number of methoxy groups -OCH3 is 1. The molecule has 1 heterocycles.